The number of hydrogen-bond acceptors (Lipinski definition) is 3. The molecule has 1 aliphatic carbocycles. The van der Waals surface area contributed by atoms with E-state index in [0.717, 1.165) is 44.7 Å². The van der Waals surface area contributed by atoms with Crippen molar-refractivity contribution in [3.8, 4) is 6.07 Å². The molecule has 1 aliphatic heterocycles. The van der Waals surface area contributed by atoms with Gasteiger partial charge in [0.15, 0.2) is 0 Å². The second-order valence-electron chi connectivity index (χ2n) is 6.78. The zero-order valence-electron chi connectivity index (χ0n) is 12.4. The predicted octanol–water partition coefficient (Wildman–Crippen LogP) is 2.94. The average molecular weight is 264 g/mol. The lowest BCUT2D eigenvalue weighted by molar-refractivity contribution is 0.0387. The van der Waals surface area contributed by atoms with E-state index in [-0.39, 0.29) is 5.92 Å². The molecule has 2 aliphatic rings. The van der Waals surface area contributed by atoms with Gasteiger partial charge < -0.3 is 5.11 Å². The van der Waals surface area contributed by atoms with Crippen LogP contribution in [0.25, 0.3) is 0 Å². The van der Waals surface area contributed by atoms with Gasteiger partial charge in [-0.15, -0.1) is 0 Å². The topological polar surface area (TPSA) is 47.3 Å². The minimum atomic E-state index is -0.504. The second-order valence-corrected chi connectivity index (χ2v) is 6.78. The highest BCUT2D eigenvalue weighted by atomic mass is 16.3. The zero-order valence-corrected chi connectivity index (χ0v) is 12.4. The molecule has 1 N–H and O–H groups in total. The van der Waals surface area contributed by atoms with E-state index < -0.39 is 5.60 Å². The predicted molar refractivity (Wildman–Crippen MR) is 76.6 cm³/mol. The summed E-state index contributed by atoms with van der Waals surface area (Å²) in [4.78, 5) is 2.50. The van der Waals surface area contributed by atoms with Gasteiger partial charge in [-0.25, -0.2) is 0 Å². The highest BCUT2D eigenvalue weighted by Gasteiger charge is 2.36. The summed E-state index contributed by atoms with van der Waals surface area (Å²) in [5.74, 6) is 0.990. The third-order valence-corrected chi connectivity index (χ3v) is 5.24. The third kappa shape index (κ3) is 3.70. The summed E-state index contributed by atoms with van der Waals surface area (Å²) in [6.45, 7) is 6.22. The molecule has 4 unspecified atom stereocenters. The van der Waals surface area contributed by atoms with Crippen molar-refractivity contribution in [2.45, 2.75) is 70.4 Å². The quantitative estimate of drug-likeness (QED) is 0.834. The van der Waals surface area contributed by atoms with Gasteiger partial charge in [-0.1, -0.05) is 13.3 Å². The fraction of sp³-hybridized carbons (Fsp3) is 0.938. The molecule has 108 valence electrons. The molecule has 1 saturated carbocycles. The summed E-state index contributed by atoms with van der Waals surface area (Å²) in [5, 5.41) is 19.6. The van der Waals surface area contributed by atoms with Crippen LogP contribution in [-0.4, -0.2) is 34.7 Å². The fourth-order valence-electron chi connectivity index (χ4n) is 3.77. The van der Waals surface area contributed by atoms with Crippen LogP contribution in [0.1, 0.15) is 58.8 Å². The fourth-order valence-corrected chi connectivity index (χ4v) is 3.77. The van der Waals surface area contributed by atoms with Gasteiger partial charge in [0.05, 0.1) is 17.6 Å². The van der Waals surface area contributed by atoms with Crippen LogP contribution in [0.2, 0.25) is 0 Å². The Hall–Kier alpha value is -0.590. The lowest BCUT2D eigenvalue weighted by Gasteiger charge is -2.40. The summed E-state index contributed by atoms with van der Waals surface area (Å²) in [6.07, 6.45) is 7.49. The highest BCUT2D eigenvalue weighted by Crippen LogP contribution is 2.35. The van der Waals surface area contributed by atoms with E-state index in [1.54, 1.807) is 0 Å². The molecule has 19 heavy (non-hydrogen) atoms. The Morgan fingerprint density at radius 2 is 2.11 bits per heavy atom. The molecule has 0 spiro atoms. The van der Waals surface area contributed by atoms with Crippen LogP contribution in [0.4, 0.5) is 0 Å². The molecule has 2 rings (SSSR count). The molecule has 3 heteroatoms. The number of likely N-dealkylation sites (tertiary alicyclic amines) is 1. The monoisotopic (exact) mass is 264 g/mol. The molecule has 0 radical (unpaired) electrons. The van der Waals surface area contributed by atoms with E-state index >= 15 is 0 Å². The number of hydrogen-bond donors (Lipinski definition) is 1. The first kappa shape index (κ1) is 14.8. The molecule has 1 saturated heterocycles. The summed E-state index contributed by atoms with van der Waals surface area (Å²) < 4.78 is 0. The van der Waals surface area contributed by atoms with Crippen molar-refractivity contribution in [2.24, 2.45) is 11.8 Å². The van der Waals surface area contributed by atoms with Crippen molar-refractivity contribution >= 4 is 0 Å². The maximum atomic E-state index is 10.2. The van der Waals surface area contributed by atoms with Crippen LogP contribution >= 0.6 is 0 Å². The molecular weight excluding hydrogens is 236 g/mol. The van der Waals surface area contributed by atoms with Crippen LogP contribution in [0.15, 0.2) is 0 Å². The zero-order chi connectivity index (χ0) is 13.9. The standard InChI is InChI=1S/C16H28N2O/c1-3-13-5-6-14(12-17)15(11-13)18-9-4-7-16(2,19)8-10-18/h13-15,19H,3-11H2,1-2H3. The van der Waals surface area contributed by atoms with E-state index in [9.17, 15) is 10.4 Å². The van der Waals surface area contributed by atoms with Crippen molar-refractivity contribution in [2.75, 3.05) is 13.1 Å². The van der Waals surface area contributed by atoms with E-state index in [1.165, 1.54) is 19.3 Å². The normalized spacial score (nSPS) is 41.5. The number of aliphatic hydroxyl groups is 1. The maximum absolute atomic E-state index is 10.2. The Morgan fingerprint density at radius 3 is 2.79 bits per heavy atom. The SMILES string of the molecule is CCC1CCC(C#N)C(N2CCCC(C)(O)CC2)C1. The maximum Gasteiger partial charge on any atom is 0.0672 e. The molecule has 4 atom stereocenters. The Bertz CT molecular complexity index is 334. The van der Waals surface area contributed by atoms with Gasteiger partial charge in [-0.05, 0) is 57.9 Å². The largest absolute Gasteiger partial charge is 0.390 e. The molecule has 0 aromatic heterocycles. The van der Waals surface area contributed by atoms with E-state index in [0.29, 0.717) is 6.04 Å². The van der Waals surface area contributed by atoms with Crippen LogP contribution in [-0.2, 0) is 0 Å². The summed E-state index contributed by atoms with van der Waals surface area (Å²) in [6, 6.07) is 2.96. The molecular formula is C16H28N2O. The van der Waals surface area contributed by atoms with Crippen molar-refractivity contribution in [1.82, 2.24) is 4.90 Å². The van der Waals surface area contributed by atoms with Crippen molar-refractivity contribution in [1.29, 1.82) is 5.26 Å². The Kier molecular flexibility index (Phi) is 4.86. The first-order valence-corrected chi connectivity index (χ1v) is 7.92. The van der Waals surface area contributed by atoms with Gasteiger partial charge >= 0.3 is 0 Å². The second kappa shape index (κ2) is 6.24. The van der Waals surface area contributed by atoms with Gasteiger partial charge in [0.25, 0.3) is 0 Å². The van der Waals surface area contributed by atoms with Crippen molar-refractivity contribution < 1.29 is 5.11 Å². The molecule has 0 amide bonds. The molecule has 1 heterocycles. The lowest BCUT2D eigenvalue weighted by atomic mass is 9.77. The molecule has 0 bridgehead atoms. The van der Waals surface area contributed by atoms with Gasteiger partial charge in [0.1, 0.15) is 0 Å². The first-order chi connectivity index (χ1) is 9.05. The van der Waals surface area contributed by atoms with E-state index in [1.807, 2.05) is 6.92 Å². The molecule has 2 fully saturated rings. The van der Waals surface area contributed by atoms with E-state index in [4.69, 9.17) is 0 Å². The summed E-state index contributed by atoms with van der Waals surface area (Å²) in [5.41, 5.74) is -0.504. The Balaban J connectivity index is 2.03. The first-order valence-electron chi connectivity index (χ1n) is 7.92. The van der Waals surface area contributed by atoms with Gasteiger partial charge in [0.2, 0.25) is 0 Å². The van der Waals surface area contributed by atoms with E-state index in [2.05, 4.69) is 17.9 Å². The Morgan fingerprint density at radius 1 is 1.32 bits per heavy atom. The number of nitrogens with zero attached hydrogens (tertiary/aromatic N) is 2. The smallest absolute Gasteiger partial charge is 0.0672 e. The lowest BCUT2D eigenvalue weighted by Crippen LogP contribution is -2.45. The summed E-state index contributed by atoms with van der Waals surface area (Å²) >= 11 is 0. The van der Waals surface area contributed by atoms with Crippen LogP contribution in [0, 0.1) is 23.2 Å². The minimum absolute atomic E-state index is 0.200. The molecule has 0 aromatic rings. The average Bonchev–Trinajstić information content (AvgIpc) is 2.59. The van der Waals surface area contributed by atoms with Gasteiger partial charge in [-0.3, -0.25) is 4.90 Å². The van der Waals surface area contributed by atoms with Gasteiger partial charge in [-0.2, -0.15) is 5.26 Å². The number of rotatable bonds is 2. The minimum Gasteiger partial charge on any atom is -0.390 e. The van der Waals surface area contributed by atoms with Crippen LogP contribution < -0.4 is 0 Å². The highest BCUT2D eigenvalue weighted by molar-refractivity contribution is 4.98. The third-order valence-electron chi connectivity index (χ3n) is 5.24. The summed E-state index contributed by atoms with van der Waals surface area (Å²) in [7, 11) is 0. The molecule has 3 nitrogen and oxygen atoms in total. The van der Waals surface area contributed by atoms with Crippen molar-refractivity contribution in [3.05, 3.63) is 0 Å². The van der Waals surface area contributed by atoms with Crippen LogP contribution in [0.5, 0.6) is 0 Å². The van der Waals surface area contributed by atoms with Crippen molar-refractivity contribution in [3.63, 3.8) is 0 Å². The van der Waals surface area contributed by atoms with Crippen LogP contribution in [0.3, 0.4) is 0 Å². The van der Waals surface area contributed by atoms with Gasteiger partial charge in [0, 0.05) is 12.6 Å². The number of nitriles is 1. The Labute approximate surface area is 117 Å². The molecule has 0 aromatic carbocycles.